The lowest BCUT2D eigenvalue weighted by molar-refractivity contribution is 0.112. The highest BCUT2D eigenvalue weighted by Gasteiger charge is 2.02. The maximum atomic E-state index is 10.6. The molecule has 0 spiro atoms. The van der Waals surface area contributed by atoms with E-state index in [0.29, 0.717) is 5.56 Å². The van der Waals surface area contributed by atoms with Gasteiger partial charge in [-0.3, -0.25) is 9.78 Å². The highest BCUT2D eigenvalue weighted by Crippen LogP contribution is 2.26. The summed E-state index contributed by atoms with van der Waals surface area (Å²) >= 11 is 1.75. The van der Waals surface area contributed by atoms with Crippen molar-refractivity contribution < 1.29 is 4.79 Å². The number of carbonyl (C=O) groups is 1. The van der Waals surface area contributed by atoms with Crippen molar-refractivity contribution in [3.63, 3.8) is 0 Å². The second kappa shape index (κ2) is 5.88. The summed E-state index contributed by atoms with van der Waals surface area (Å²) in [5, 5.41) is 1.17. The first-order valence-electron chi connectivity index (χ1n) is 6.37. The molecule has 20 heavy (non-hydrogen) atoms. The van der Waals surface area contributed by atoms with Crippen molar-refractivity contribution in [1.82, 2.24) is 4.98 Å². The van der Waals surface area contributed by atoms with Gasteiger partial charge in [0.15, 0.2) is 0 Å². The minimum atomic E-state index is 0.709. The Morgan fingerprint density at radius 2 is 1.80 bits per heavy atom. The predicted octanol–water partition coefficient (Wildman–Crippen LogP) is 4.34. The summed E-state index contributed by atoms with van der Waals surface area (Å²) in [6.45, 7) is 0. The standard InChI is InChI=1S/C17H13NOS/c19-11-13-6-8-16(9-7-13)20-12-15-4-1-3-14-5-2-10-18-17(14)15/h1-11H,12H2. The topological polar surface area (TPSA) is 30.0 Å². The van der Waals surface area contributed by atoms with E-state index in [1.165, 1.54) is 10.9 Å². The molecule has 2 aromatic carbocycles. The van der Waals surface area contributed by atoms with E-state index in [4.69, 9.17) is 0 Å². The van der Waals surface area contributed by atoms with Gasteiger partial charge in [0.25, 0.3) is 0 Å². The molecular formula is C17H13NOS. The maximum absolute atomic E-state index is 10.6. The highest BCUT2D eigenvalue weighted by atomic mass is 32.2. The van der Waals surface area contributed by atoms with Crippen LogP contribution in [0, 0.1) is 0 Å². The van der Waals surface area contributed by atoms with Crippen molar-refractivity contribution in [2.75, 3.05) is 0 Å². The zero-order chi connectivity index (χ0) is 13.8. The molecule has 0 saturated heterocycles. The van der Waals surface area contributed by atoms with Gasteiger partial charge in [0.05, 0.1) is 5.52 Å². The summed E-state index contributed by atoms with van der Waals surface area (Å²) in [5.41, 5.74) is 3.00. The molecule has 0 amide bonds. The third kappa shape index (κ3) is 2.73. The van der Waals surface area contributed by atoms with Crippen LogP contribution in [0.25, 0.3) is 10.9 Å². The van der Waals surface area contributed by atoms with Gasteiger partial charge in [-0.05, 0) is 23.8 Å². The minimum Gasteiger partial charge on any atom is -0.298 e. The van der Waals surface area contributed by atoms with Gasteiger partial charge in [0.2, 0.25) is 0 Å². The third-order valence-corrected chi connectivity index (χ3v) is 4.19. The fourth-order valence-corrected chi connectivity index (χ4v) is 2.97. The monoisotopic (exact) mass is 279 g/mol. The van der Waals surface area contributed by atoms with E-state index in [-0.39, 0.29) is 0 Å². The lowest BCUT2D eigenvalue weighted by Crippen LogP contribution is -1.87. The zero-order valence-electron chi connectivity index (χ0n) is 10.8. The Balaban J connectivity index is 1.81. The number of aldehydes is 1. The number of hydrogen-bond acceptors (Lipinski definition) is 3. The first-order valence-corrected chi connectivity index (χ1v) is 7.36. The summed E-state index contributed by atoms with van der Waals surface area (Å²) in [6.07, 6.45) is 2.69. The molecule has 1 heterocycles. The SMILES string of the molecule is O=Cc1ccc(SCc2cccc3cccnc23)cc1. The van der Waals surface area contributed by atoms with Crippen molar-refractivity contribution in [2.24, 2.45) is 0 Å². The van der Waals surface area contributed by atoms with Gasteiger partial charge in [-0.1, -0.05) is 36.4 Å². The molecular weight excluding hydrogens is 266 g/mol. The van der Waals surface area contributed by atoms with E-state index < -0.39 is 0 Å². The van der Waals surface area contributed by atoms with Gasteiger partial charge in [-0.15, -0.1) is 11.8 Å². The van der Waals surface area contributed by atoms with Gasteiger partial charge >= 0.3 is 0 Å². The molecule has 0 atom stereocenters. The van der Waals surface area contributed by atoms with E-state index in [0.717, 1.165) is 22.5 Å². The molecule has 0 aliphatic rings. The summed E-state index contributed by atoms with van der Waals surface area (Å²) in [4.78, 5) is 16.2. The molecule has 0 unspecified atom stereocenters. The number of hydrogen-bond donors (Lipinski definition) is 0. The van der Waals surface area contributed by atoms with Crippen LogP contribution >= 0.6 is 11.8 Å². The Hall–Kier alpha value is -2.13. The summed E-state index contributed by atoms with van der Waals surface area (Å²) in [5.74, 6) is 0.870. The number of benzene rings is 2. The van der Waals surface area contributed by atoms with Crippen LogP contribution in [0.15, 0.2) is 65.7 Å². The molecule has 2 nitrogen and oxygen atoms in total. The smallest absolute Gasteiger partial charge is 0.150 e. The van der Waals surface area contributed by atoms with E-state index >= 15 is 0 Å². The predicted molar refractivity (Wildman–Crippen MR) is 83.1 cm³/mol. The molecule has 0 aliphatic heterocycles. The highest BCUT2D eigenvalue weighted by molar-refractivity contribution is 7.98. The summed E-state index contributed by atoms with van der Waals surface area (Å²) < 4.78 is 0. The Morgan fingerprint density at radius 3 is 2.60 bits per heavy atom. The molecule has 0 saturated carbocycles. The lowest BCUT2D eigenvalue weighted by Gasteiger charge is -2.05. The largest absolute Gasteiger partial charge is 0.298 e. The van der Waals surface area contributed by atoms with Crippen LogP contribution in [0.5, 0.6) is 0 Å². The van der Waals surface area contributed by atoms with Crippen LogP contribution in [-0.2, 0) is 5.75 Å². The fourth-order valence-electron chi connectivity index (χ4n) is 2.09. The van der Waals surface area contributed by atoms with Crippen LogP contribution < -0.4 is 0 Å². The number of aromatic nitrogens is 1. The third-order valence-electron chi connectivity index (χ3n) is 3.13. The average molecular weight is 279 g/mol. The van der Waals surface area contributed by atoms with Crippen LogP contribution in [-0.4, -0.2) is 11.3 Å². The normalized spacial score (nSPS) is 10.6. The van der Waals surface area contributed by atoms with E-state index in [2.05, 4.69) is 29.2 Å². The fraction of sp³-hybridized carbons (Fsp3) is 0.0588. The van der Waals surface area contributed by atoms with E-state index in [1.54, 1.807) is 11.8 Å². The molecule has 1 aromatic heterocycles. The Morgan fingerprint density at radius 1 is 1.00 bits per heavy atom. The van der Waals surface area contributed by atoms with Gasteiger partial charge in [0.1, 0.15) is 6.29 Å². The molecule has 3 aromatic rings. The zero-order valence-corrected chi connectivity index (χ0v) is 11.6. The van der Waals surface area contributed by atoms with Crippen LogP contribution in [0.1, 0.15) is 15.9 Å². The Bertz CT molecular complexity index is 732. The molecule has 0 bridgehead atoms. The molecule has 98 valence electrons. The number of rotatable bonds is 4. The van der Waals surface area contributed by atoms with Crippen molar-refractivity contribution >= 4 is 29.0 Å². The summed E-state index contributed by atoms with van der Waals surface area (Å²) in [7, 11) is 0. The molecule has 3 rings (SSSR count). The van der Waals surface area contributed by atoms with Crippen LogP contribution in [0.2, 0.25) is 0 Å². The van der Waals surface area contributed by atoms with Crippen molar-refractivity contribution in [2.45, 2.75) is 10.6 Å². The summed E-state index contributed by atoms with van der Waals surface area (Å²) in [6, 6.07) is 17.9. The van der Waals surface area contributed by atoms with Gasteiger partial charge in [-0.25, -0.2) is 0 Å². The quantitative estimate of drug-likeness (QED) is 0.525. The van der Waals surface area contributed by atoms with Crippen molar-refractivity contribution in [3.05, 3.63) is 71.9 Å². The second-order valence-corrected chi connectivity index (χ2v) is 5.52. The molecule has 3 heteroatoms. The lowest BCUT2D eigenvalue weighted by atomic mass is 10.1. The van der Waals surface area contributed by atoms with Crippen LogP contribution in [0.4, 0.5) is 0 Å². The number of para-hydroxylation sites is 1. The number of thioether (sulfide) groups is 1. The van der Waals surface area contributed by atoms with Gasteiger partial charge in [0, 0.05) is 27.8 Å². The molecule has 0 N–H and O–H groups in total. The minimum absolute atomic E-state index is 0.709. The number of carbonyl (C=O) groups excluding carboxylic acids is 1. The van der Waals surface area contributed by atoms with Crippen molar-refractivity contribution in [3.8, 4) is 0 Å². The molecule has 0 radical (unpaired) electrons. The van der Waals surface area contributed by atoms with Gasteiger partial charge < -0.3 is 0 Å². The second-order valence-electron chi connectivity index (χ2n) is 4.47. The molecule has 0 aliphatic carbocycles. The Kier molecular flexibility index (Phi) is 3.79. The molecule has 0 fully saturated rings. The first kappa shape index (κ1) is 12.9. The average Bonchev–Trinajstić information content (AvgIpc) is 2.53. The van der Waals surface area contributed by atoms with Gasteiger partial charge in [-0.2, -0.15) is 0 Å². The van der Waals surface area contributed by atoms with Crippen LogP contribution in [0.3, 0.4) is 0 Å². The van der Waals surface area contributed by atoms with E-state index in [9.17, 15) is 4.79 Å². The maximum Gasteiger partial charge on any atom is 0.150 e. The van der Waals surface area contributed by atoms with E-state index in [1.807, 2.05) is 36.5 Å². The number of fused-ring (bicyclic) bond motifs is 1. The number of nitrogens with zero attached hydrogens (tertiary/aromatic N) is 1. The first-order chi connectivity index (χ1) is 9.86. The Labute approximate surface area is 121 Å². The van der Waals surface area contributed by atoms with Crippen molar-refractivity contribution in [1.29, 1.82) is 0 Å². The number of pyridine rings is 1.